The van der Waals surface area contributed by atoms with Crippen molar-refractivity contribution in [1.82, 2.24) is 0 Å². The Labute approximate surface area is 223 Å². The second-order valence-electron chi connectivity index (χ2n) is 7.83. The first-order chi connectivity index (χ1) is 16.5. The van der Waals surface area contributed by atoms with Gasteiger partial charge in [-0.05, 0) is 83.4 Å². The van der Waals surface area contributed by atoms with Crippen LogP contribution < -0.4 is 9.04 Å². The maximum Gasteiger partial charge on any atom is 0.307 e. The number of ether oxygens (including phenoxy) is 2. The number of carbonyl (C=O) groups is 1. The molecule has 0 atom stereocenters. The van der Waals surface area contributed by atoms with E-state index in [4.69, 9.17) is 32.7 Å². The number of carbonyl (C=O) groups excluding carboxylic acids is 1. The van der Waals surface area contributed by atoms with Gasteiger partial charge in [0.15, 0.2) is 0 Å². The molecule has 0 amide bonds. The summed E-state index contributed by atoms with van der Waals surface area (Å²) in [6, 6.07) is 15.0. The SMILES string of the molecule is COc1ccc(N(CCC(=O)OCc2cc(Cl)c(Br)c(Cl)c2)S(=O)(=O)c2ccc(C)cc2C)cc1. The molecule has 0 radical (unpaired) electrons. The minimum atomic E-state index is -3.96. The van der Waals surface area contributed by atoms with E-state index in [9.17, 15) is 13.2 Å². The number of rotatable bonds is 9. The summed E-state index contributed by atoms with van der Waals surface area (Å²) in [4.78, 5) is 12.7. The molecule has 0 unspecified atom stereocenters. The monoisotopic (exact) mass is 599 g/mol. The number of anilines is 1. The molecule has 3 aromatic rings. The third-order valence-corrected chi connectivity index (χ3v) is 9.12. The summed E-state index contributed by atoms with van der Waals surface area (Å²) >= 11 is 15.5. The highest BCUT2D eigenvalue weighted by Gasteiger charge is 2.27. The number of methoxy groups -OCH3 is 1. The molecule has 0 saturated heterocycles. The lowest BCUT2D eigenvalue weighted by atomic mass is 10.2. The molecule has 186 valence electrons. The van der Waals surface area contributed by atoms with E-state index < -0.39 is 16.0 Å². The van der Waals surface area contributed by atoms with Crippen LogP contribution in [0.2, 0.25) is 10.0 Å². The van der Waals surface area contributed by atoms with Crippen LogP contribution >= 0.6 is 39.1 Å². The van der Waals surface area contributed by atoms with Crippen LogP contribution in [-0.2, 0) is 26.2 Å². The van der Waals surface area contributed by atoms with Crippen LogP contribution in [0.15, 0.2) is 64.0 Å². The van der Waals surface area contributed by atoms with Crippen LogP contribution in [0.3, 0.4) is 0 Å². The molecule has 0 N–H and O–H groups in total. The van der Waals surface area contributed by atoms with Crippen LogP contribution in [0.1, 0.15) is 23.1 Å². The second kappa shape index (κ2) is 11.6. The quantitative estimate of drug-likeness (QED) is 0.202. The number of hydrogen-bond donors (Lipinski definition) is 0. The fraction of sp³-hybridized carbons (Fsp3) is 0.240. The molecule has 0 aliphatic rings. The van der Waals surface area contributed by atoms with E-state index in [1.54, 1.807) is 55.5 Å². The number of hydrogen-bond acceptors (Lipinski definition) is 5. The van der Waals surface area contributed by atoms with Crippen molar-refractivity contribution in [2.75, 3.05) is 18.0 Å². The van der Waals surface area contributed by atoms with Crippen LogP contribution in [0.25, 0.3) is 0 Å². The Morgan fingerprint density at radius 3 is 2.20 bits per heavy atom. The Morgan fingerprint density at radius 1 is 1.00 bits per heavy atom. The van der Waals surface area contributed by atoms with E-state index in [1.807, 2.05) is 13.0 Å². The highest BCUT2D eigenvalue weighted by atomic mass is 79.9. The largest absolute Gasteiger partial charge is 0.497 e. The standard InChI is InChI=1S/C25H24BrCl2NO5S/c1-16-4-9-23(17(2)12-16)35(31,32)29(19-5-7-20(33-3)8-6-19)11-10-24(30)34-15-18-13-21(27)25(26)22(28)14-18/h4-9,12-14H,10-11,15H2,1-3H3. The predicted molar refractivity (Wildman–Crippen MR) is 142 cm³/mol. The van der Waals surface area contributed by atoms with Gasteiger partial charge >= 0.3 is 5.97 Å². The van der Waals surface area contributed by atoms with Gasteiger partial charge in [0.1, 0.15) is 12.4 Å². The fourth-order valence-corrected chi connectivity index (χ4v) is 5.90. The van der Waals surface area contributed by atoms with Gasteiger partial charge < -0.3 is 9.47 Å². The van der Waals surface area contributed by atoms with Gasteiger partial charge in [0.2, 0.25) is 0 Å². The first-order valence-electron chi connectivity index (χ1n) is 10.6. The van der Waals surface area contributed by atoms with Gasteiger partial charge in [0.25, 0.3) is 10.0 Å². The summed E-state index contributed by atoms with van der Waals surface area (Å²) < 4.78 is 39.5. The minimum Gasteiger partial charge on any atom is -0.497 e. The number of sulfonamides is 1. The molecule has 0 saturated carbocycles. The van der Waals surface area contributed by atoms with E-state index in [0.717, 1.165) is 5.56 Å². The molecule has 0 aliphatic carbocycles. The van der Waals surface area contributed by atoms with Crippen molar-refractivity contribution < 1.29 is 22.7 Å². The number of esters is 1. The minimum absolute atomic E-state index is 0.0437. The maximum absolute atomic E-state index is 13.6. The van der Waals surface area contributed by atoms with Crippen molar-refractivity contribution in [1.29, 1.82) is 0 Å². The Kier molecular flexibility index (Phi) is 9.10. The first kappa shape index (κ1) is 27.3. The van der Waals surface area contributed by atoms with Crippen molar-refractivity contribution in [3.05, 3.63) is 85.8 Å². The first-order valence-corrected chi connectivity index (χ1v) is 13.5. The second-order valence-corrected chi connectivity index (χ2v) is 11.3. The van der Waals surface area contributed by atoms with Crippen molar-refractivity contribution in [2.24, 2.45) is 0 Å². The van der Waals surface area contributed by atoms with Crippen LogP contribution in [0.4, 0.5) is 5.69 Å². The molecular weight excluding hydrogens is 577 g/mol. The lowest BCUT2D eigenvalue weighted by molar-refractivity contribution is -0.144. The molecule has 0 fully saturated rings. The topological polar surface area (TPSA) is 72.9 Å². The Hall–Kier alpha value is -2.26. The van der Waals surface area contributed by atoms with Gasteiger partial charge in [-0.1, -0.05) is 40.9 Å². The molecule has 0 bridgehead atoms. The average molecular weight is 601 g/mol. The van der Waals surface area contributed by atoms with Crippen LogP contribution in [0.5, 0.6) is 5.75 Å². The zero-order valence-corrected chi connectivity index (χ0v) is 23.3. The lowest BCUT2D eigenvalue weighted by Gasteiger charge is -2.25. The van der Waals surface area contributed by atoms with Crippen LogP contribution in [0, 0.1) is 13.8 Å². The molecule has 6 nitrogen and oxygen atoms in total. The van der Waals surface area contributed by atoms with Crippen molar-refractivity contribution in [3.8, 4) is 5.75 Å². The van der Waals surface area contributed by atoms with Gasteiger partial charge in [-0.25, -0.2) is 8.42 Å². The van der Waals surface area contributed by atoms with Crippen molar-refractivity contribution in [3.63, 3.8) is 0 Å². The highest BCUT2D eigenvalue weighted by Crippen LogP contribution is 2.32. The number of benzene rings is 3. The fourth-order valence-electron chi connectivity index (χ4n) is 3.46. The Balaban J connectivity index is 1.81. The molecule has 3 rings (SSSR count). The lowest BCUT2D eigenvalue weighted by Crippen LogP contribution is -2.33. The molecule has 0 spiro atoms. The van der Waals surface area contributed by atoms with Crippen molar-refractivity contribution in [2.45, 2.75) is 31.8 Å². The third kappa shape index (κ3) is 6.70. The average Bonchev–Trinajstić information content (AvgIpc) is 2.81. The van der Waals surface area contributed by atoms with Crippen LogP contribution in [-0.4, -0.2) is 28.0 Å². The molecule has 0 aliphatic heterocycles. The smallest absolute Gasteiger partial charge is 0.307 e. The van der Waals surface area contributed by atoms with Gasteiger partial charge in [0.05, 0.1) is 38.6 Å². The van der Waals surface area contributed by atoms with Crippen molar-refractivity contribution >= 4 is 60.8 Å². The summed E-state index contributed by atoms with van der Waals surface area (Å²) in [6.07, 6.45) is -0.159. The van der Waals surface area contributed by atoms with E-state index in [1.165, 1.54) is 11.4 Å². The van der Waals surface area contributed by atoms with Gasteiger partial charge in [-0.3, -0.25) is 9.10 Å². The van der Waals surface area contributed by atoms with Gasteiger partial charge in [0, 0.05) is 6.54 Å². The van der Waals surface area contributed by atoms with E-state index in [2.05, 4.69) is 15.9 Å². The van der Waals surface area contributed by atoms with Gasteiger partial charge in [-0.15, -0.1) is 0 Å². The number of aryl methyl sites for hydroxylation is 2. The number of halogens is 3. The predicted octanol–water partition coefficient (Wildman–Crippen LogP) is 6.71. The summed E-state index contributed by atoms with van der Waals surface area (Å²) in [5.41, 5.74) is 2.60. The molecule has 35 heavy (non-hydrogen) atoms. The Morgan fingerprint density at radius 2 is 1.63 bits per heavy atom. The summed E-state index contributed by atoms with van der Waals surface area (Å²) in [5.74, 6) is 0.0262. The third-order valence-electron chi connectivity index (χ3n) is 5.22. The normalized spacial score (nSPS) is 11.3. The van der Waals surface area contributed by atoms with E-state index in [-0.39, 0.29) is 24.5 Å². The molecule has 0 heterocycles. The highest BCUT2D eigenvalue weighted by molar-refractivity contribution is 9.10. The molecule has 3 aromatic carbocycles. The molecular formula is C25H24BrCl2NO5S. The maximum atomic E-state index is 13.6. The molecule has 10 heteroatoms. The summed E-state index contributed by atoms with van der Waals surface area (Å²) in [6.45, 7) is 3.49. The van der Waals surface area contributed by atoms with Gasteiger partial charge in [-0.2, -0.15) is 0 Å². The summed E-state index contributed by atoms with van der Waals surface area (Å²) in [7, 11) is -2.43. The molecule has 0 aromatic heterocycles. The summed E-state index contributed by atoms with van der Waals surface area (Å²) in [5, 5.41) is 0.794. The van der Waals surface area contributed by atoms with E-state index in [0.29, 0.717) is 37.1 Å². The zero-order valence-electron chi connectivity index (χ0n) is 19.3. The Bertz CT molecular complexity index is 1310. The zero-order chi connectivity index (χ0) is 25.8. The van der Waals surface area contributed by atoms with E-state index >= 15 is 0 Å². The number of nitrogens with zero attached hydrogens (tertiary/aromatic N) is 1.